The van der Waals surface area contributed by atoms with Gasteiger partial charge in [-0.15, -0.1) is 0 Å². The molecule has 0 spiro atoms. The van der Waals surface area contributed by atoms with E-state index in [2.05, 4.69) is 40.8 Å². The van der Waals surface area contributed by atoms with Crippen molar-refractivity contribution in [3.8, 4) is 0 Å². The molecule has 0 amide bonds. The molecule has 1 fully saturated rings. The first kappa shape index (κ1) is 16.0. The molecular weight excluding hydrogens is 264 g/mol. The Morgan fingerprint density at radius 1 is 1.30 bits per heavy atom. The predicted octanol–water partition coefficient (Wildman–Crippen LogP) is 4.86. The van der Waals surface area contributed by atoms with E-state index >= 15 is 0 Å². The zero-order chi connectivity index (χ0) is 15.2. The molecule has 2 aliphatic rings. The first-order valence-corrected chi connectivity index (χ1v) is 10.9. The van der Waals surface area contributed by atoms with E-state index in [1.165, 1.54) is 5.57 Å². The number of fused-ring (bicyclic) bond motifs is 1. The second-order valence-electron chi connectivity index (χ2n) is 8.31. The van der Waals surface area contributed by atoms with Gasteiger partial charge in [-0.05, 0) is 49.9 Å². The van der Waals surface area contributed by atoms with Gasteiger partial charge in [-0.2, -0.15) is 0 Å². The number of hydrogen-bond donors (Lipinski definition) is 0. The molecule has 0 unspecified atom stereocenters. The lowest BCUT2D eigenvalue weighted by molar-refractivity contribution is -0.116. The summed E-state index contributed by atoms with van der Waals surface area (Å²) in [6.45, 7) is 13.9. The number of carbonyl (C=O) groups is 1. The summed E-state index contributed by atoms with van der Waals surface area (Å²) in [7, 11) is -1.74. The fourth-order valence-electron chi connectivity index (χ4n) is 3.22. The number of hydrogen-bond acceptors (Lipinski definition) is 2. The molecule has 0 saturated heterocycles. The van der Waals surface area contributed by atoms with Crippen molar-refractivity contribution in [2.75, 3.05) is 0 Å². The van der Waals surface area contributed by atoms with Crippen molar-refractivity contribution < 1.29 is 9.22 Å². The molecule has 2 nitrogen and oxygen atoms in total. The van der Waals surface area contributed by atoms with Crippen molar-refractivity contribution in [3.63, 3.8) is 0 Å². The Balaban J connectivity index is 2.24. The Kier molecular flexibility index (Phi) is 4.07. The van der Waals surface area contributed by atoms with Crippen LogP contribution in [0, 0.1) is 5.41 Å². The first-order chi connectivity index (χ1) is 9.06. The average Bonchev–Trinajstić information content (AvgIpc) is 2.30. The van der Waals surface area contributed by atoms with Crippen LogP contribution < -0.4 is 0 Å². The zero-order valence-electron chi connectivity index (χ0n) is 14.0. The molecule has 0 aromatic rings. The first-order valence-electron chi connectivity index (χ1n) is 7.98. The molecule has 2 rings (SSSR count). The van der Waals surface area contributed by atoms with E-state index in [4.69, 9.17) is 4.43 Å². The molecule has 0 heterocycles. The molecule has 1 saturated carbocycles. The highest BCUT2D eigenvalue weighted by molar-refractivity contribution is 6.74. The Morgan fingerprint density at radius 2 is 1.95 bits per heavy atom. The average molecular weight is 295 g/mol. The van der Waals surface area contributed by atoms with Crippen LogP contribution in [-0.4, -0.2) is 20.2 Å². The van der Waals surface area contributed by atoms with Crippen LogP contribution in [0.3, 0.4) is 0 Å². The summed E-state index contributed by atoms with van der Waals surface area (Å²) in [5, 5.41) is 0.245. The van der Waals surface area contributed by atoms with E-state index in [0.717, 1.165) is 25.7 Å². The minimum Gasteiger partial charge on any atom is -0.413 e. The van der Waals surface area contributed by atoms with Gasteiger partial charge in [0.1, 0.15) is 0 Å². The van der Waals surface area contributed by atoms with Gasteiger partial charge < -0.3 is 4.43 Å². The number of carbonyl (C=O) groups excluding carboxylic acids is 1. The highest BCUT2D eigenvalue weighted by Crippen LogP contribution is 2.50. The quantitative estimate of drug-likeness (QED) is 0.680. The SMILES string of the molecule is CC(C)(C)[Si](C)(C)O[C@H]1CCCC2=CC(=O)CC[C@@]21C. The van der Waals surface area contributed by atoms with Crippen LogP contribution in [0.4, 0.5) is 0 Å². The van der Waals surface area contributed by atoms with Gasteiger partial charge in [-0.1, -0.05) is 33.3 Å². The van der Waals surface area contributed by atoms with Gasteiger partial charge in [0.15, 0.2) is 14.1 Å². The Morgan fingerprint density at radius 3 is 2.55 bits per heavy atom. The van der Waals surface area contributed by atoms with Crippen LogP contribution in [0.1, 0.15) is 59.8 Å². The van der Waals surface area contributed by atoms with E-state index < -0.39 is 8.32 Å². The summed E-state index contributed by atoms with van der Waals surface area (Å²) >= 11 is 0. The van der Waals surface area contributed by atoms with Crippen LogP contribution >= 0.6 is 0 Å². The fourth-order valence-corrected chi connectivity index (χ4v) is 4.66. The maximum Gasteiger partial charge on any atom is 0.192 e. The number of ketones is 1. The van der Waals surface area contributed by atoms with Crippen LogP contribution in [0.2, 0.25) is 18.1 Å². The van der Waals surface area contributed by atoms with Gasteiger partial charge in [-0.25, -0.2) is 0 Å². The van der Waals surface area contributed by atoms with Crippen LogP contribution in [0.5, 0.6) is 0 Å². The third kappa shape index (κ3) is 2.80. The summed E-state index contributed by atoms with van der Waals surface area (Å²) in [6, 6.07) is 0. The maximum absolute atomic E-state index is 11.7. The maximum atomic E-state index is 11.7. The molecule has 3 heteroatoms. The highest BCUT2D eigenvalue weighted by Gasteiger charge is 2.47. The summed E-state index contributed by atoms with van der Waals surface area (Å²) in [4.78, 5) is 11.7. The molecule has 0 N–H and O–H groups in total. The molecule has 0 aromatic carbocycles. The minimum absolute atomic E-state index is 0.0989. The molecular formula is C17H30O2Si. The number of rotatable bonds is 2. The van der Waals surface area contributed by atoms with Crippen molar-refractivity contribution >= 4 is 14.1 Å². The van der Waals surface area contributed by atoms with E-state index in [1.54, 1.807) is 0 Å². The lowest BCUT2D eigenvalue weighted by Gasteiger charge is -2.50. The van der Waals surface area contributed by atoms with Gasteiger partial charge in [0.05, 0.1) is 6.10 Å². The molecule has 2 atom stereocenters. The summed E-state index contributed by atoms with van der Waals surface area (Å²) in [6.07, 6.45) is 7.28. The standard InChI is InChI=1S/C17H30O2Si/c1-16(2,3)20(5,6)19-15-9-7-8-13-12-14(18)10-11-17(13,15)4/h12,15H,7-11H2,1-6H3/t15-,17-/m0/s1. The van der Waals surface area contributed by atoms with Gasteiger partial charge in [0, 0.05) is 11.8 Å². The van der Waals surface area contributed by atoms with Crippen LogP contribution in [-0.2, 0) is 9.22 Å². The van der Waals surface area contributed by atoms with Gasteiger partial charge in [-0.3, -0.25) is 4.79 Å². The lowest BCUT2D eigenvalue weighted by Crippen LogP contribution is -2.51. The van der Waals surface area contributed by atoms with E-state index in [0.29, 0.717) is 18.3 Å². The molecule has 114 valence electrons. The Bertz CT molecular complexity index is 431. The highest BCUT2D eigenvalue weighted by atomic mass is 28.4. The topological polar surface area (TPSA) is 26.3 Å². The Labute approximate surface area is 125 Å². The predicted molar refractivity (Wildman–Crippen MR) is 86.4 cm³/mol. The molecule has 0 aliphatic heterocycles. The van der Waals surface area contributed by atoms with Crippen molar-refractivity contribution in [1.29, 1.82) is 0 Å². The molecule has 20 heavy (non-hydrogen) atoms. The summed E-state index contributed by atoms with van der Waals surface area (Å²) < 4.78 is 6.74. The largest absolute Gasteiger partial charge is 0.413 e. The molecule has 0 radical (unpaired) electrons. The van der Waals surface area contributed by atoms with Gasteiger partial charge >= 0.3 is 0 Å². The van der Waals surface area contributed by atoms with Crippen molar-refractivity contribution in [1.82, 2.24) is 0 Å². The van der Waals surface area contributed by atoms with Gasteiger partial charge in [0.2, 0.25) is 0 Å². The number of allylic oxidation sites excluding steroid dienone is 1. The van der Waals surface area contributed by atoms with Crippen molar-refractivity contribution in [3.05, 3.63) is 11.6 Å². The van der Waals surface area contributed by atoms with Crippen molar-refractivity contribution in [2.24, 2.45) is 5.41 Å². The third-order valence-electron chi connectivity index (χ3n) is 5.83. The van der Waals surface area contributed by atoms with Crippen LogP contribution in [0.15, 0.2) is 11.6 Å². The second-order valence-corrected chi connectivity index (χ2v) is 13.1. The fraction of sp³-hybridized carbons (Fsp3) is 0.824. The van der Waals surface area contributed by atoms with Crippen LogP contribution in [0.25, 0.3) is 0 Å². The van der Waals surface area contributed by atoms with E-state index in [-0.39, 0.29) is 10.5 Å². The normalized spacial score (nSPS) is 31.8. The summed E-state index contributed by atoms with van der Waals surface area (Å²) in [5.74, 6) is 0.311. The molecule has 0 bridgehead atoms. The van der Waals surface area contributed by atoms with Gasteiger partial charge in [0.25, 0.3) is 0 Å². The van der Waals surface area contributed by atoms with Crippen molar-refractivity contribution in [2.45, 2.75) is 84.0 Å². The smallest absolute Gasteiger partial charge is 0.192 e. The summed E-state index contributed by atoms with van der Waals surface area (Å²) in [5.41, 5.74) is 1.45. The van der Waals surface area contributed by atoms with E-state index in [1.807, 2.05) is 6.08 Å². The Hall–Kier alpha value is -0.413. The monoisotopic (exact) mass is 294 g/mol. The molecule has 2 aliphatic carbocycles. The van der Waals surface area contributed by atoms with E-state index in [9.17, 15) is 4.79 Å². The third-order valence-corrected chi connectivity index (χ3v) is 10.3. The lowest BCUT2D eigenvalue weighted by atomic mass is 9.64. The molecule has 0 aromatic heterocycles. The minimum atomic E-state index is -1.74. The zero-order valence-corrected chi connectivity index (χ0v) is 15.0. The second kappa shape index (κ2) is 5.10.